The number of aliphatic hydroxyl groups excluding tert-OH is 1. The first-order valence-electron chi connectivity index (χ1n) is 20.9. The summed E-state index contributed by atoms with van der Waals surface area (Å²) >= 11 is 0. The molecule has 2 aliphatic heterocycles. The second-order valence-corrected chi connectivity index (χ2v) is 16.7. The number of nitrogens with zero attached hydrogens (tertiary/aromatic N) is 6. The number of ether oxygens (including phenoxy) is 5. The van der Waals surface area contributed by atoms with Gasteiger partial charge >= 0.3 is 12.1 Å². The van der Waals surface area contributed by atoms with Crippen molar-refractivity contribution in [3.63, 3.8) is 0 Å². The quantitative estimate of drug-likeness (QED) is 0.147. The Hall–Kier alpha value is -3.54. The van der Waals surface area contributed by atoms with Gasteiger partial charge in [0.1, 0.15) is 23.8 Å². The minimum absolute atomic E-state index is 0.0258. The molecular formula is C42H69N7O9. The van der Waals surface area contributed by atoms with Crippen LogP contribution in [-0.2, 0) is 39.8 Å². The molecule has 2 aromatic heterocycles. The van der Waals surface area contributed by atoms with Gasteiger partial charge in [0.05, 0.1) is 29.6 Å². The van der Waals surface area contributed by atoms with Gasteiger partial charge in [0.2, 0.25) is 0 Å². The third-order valence-electron chi connectivity index (χ3n) is 12.1. The lowest BCUT2D eigenvalue weighted by Gasteiger charge is -2.44. The van der Waals surface area contributed by atoms with Crippen molar-refractivity contribution in [1.82, 2.24) is 35.1 Å². The topological polar surface area (TPSA) is 180 Å². The lowest BCUT2D eigenvalue weighted by atomic mass is 9.78. The van der Waals surface area contributed by atoms with E-state index in [0.29, 0.717) is 51.0 Å². The normalized spacial score (nSPS) is 31.9. The molecule has 0 radical (unpaired) electrons. The number of pyridine rings is 1. The summed E-state index contributed by atoms with van der Waals surface area (Å²) in [7, 11) is 5.35. The van der Waals surface area contributed by atoms with Crippen LogP contribution < -0.4 is 5.32 Å². The van der Waals surface area contributed by atoms with Crippen LogP contribution in [0.2, 0.25) is 0 Å². The number of carbonyl (C=O) groups is 3. The summed E-state index contributed by atoms with van der Waals surface area (Å²) in [6, 6.07) is 4.46. The van der Waals surface area contributed by atoms with E-state index in [4.69, 9.17) is 23.7 Å². The zero-order valence-corrected chi connectivity index (χ0v) is 36.7. The molecule has 0 bridgehead atoms. The molecule has 12 atom stereocenters. The van der Waals surface area contributed by atoms with Crippen molar-refractivity contribution in [1.29, 1.82) is 0 Å². The molecule has 0 saturated carbocycles. The number of ketones is 1. The Bertz CT molecular complexity index is 1630. The summed E-state index contributed by atoms with van der Waals surface area (Å²) < 4.78 is 33.1. The number of amides is 1. The fraction of sp³-hybridized carbons (Fsp3) is 0.762. The molecule has 2 aromatic rings. The first-order chi connectivity index (χ1) is 27.5. The lowest BCUT2D eigenvalue weighted by Crippen LogP contribution is -2.61. The number of nitrogens with one attached hydrogen (secondary N) is 1. The van der Waals surface area contributed by atoms with Crippen molar-refractivity contribution in [2.24, 2.45) is 17.8 Å². The number of aryl methyl sites for hydroxylation is 1. The van der Waals surface area contributed by atoms with Crippen LogP contribution >= 0.6 is 0 Å². The predicted octanol–water partition coefficient (Wildman–Crippen LogP) is 4.34. The number of hydrogen-bond acceptors (Lipinski definition) is 14. The molecule has 326 valence electrons. The van der Waals surface area contributed by atoms with E-state index in [1.165, 1.54) is 6.92 Å². The van der Waals surface area contributed by atoms with Crippen LogP contribution in [0.1, 0.15) is 88.0 Å². The zero-order chi connectivity index (χ0) is 42.9. The Kier molecular flexibility index (Phi) is 16.8. The summed E-state index contributed by atoms with van der Waals surface area (Å²) in [4.78, 5) is 50.2. The third-order valence-corrected chi connectivity index (χ3v) is 12.1. The molecule has 4 rings (SSSR count). The SMILES string of the molecule is CCO[C@@H](O[C@@H]1[C@@H](C)C(=O)[C@@H](C)C(=O)O[C@H](CC)[C@@]2(C)OC(=O)N(CCCn3cc(-c4ccccn4)nn3)[C@@H]2[C@@H](C)NC[C@H](C)C[C@@]1(C)OC)C(O)C(CC)N(C)C. The summed E-state index contributed by atoms with van der Waals surface area (Å²) in [5.74, 6) is -3.22. The first kappa shape index (κ1) is 47.1. The van der Waals surface area contributed by atoms with Gasteiger partial charge in [0, 0.05) is 51.0 Å². The van der Waals surface area contributed by atoms with Crippen molar-refractivity contribution in [3.05, 3.63) is 30.6 Å². The maximum atomic E-state index is 14.4. The molecule has 2 fully saturated rings. The van der Waals surface area contributed by atoms with E-state index < -0.39 is 71.5 Å². The molecule has 2 aliphatic rings. The highest BCUT2D eigenvalue weighted by Gasteiger charge is 2.58. The average molecular weight is 816 g/mol. The van der Waals surface area contributed by atoms with Crippen molar-refractivity contribution >= 4 is 17.8 Å². The highest BCUT2D eigenvalue weighted by molar-refractivity contribution is 6.00. The lowest BCUT2D eigenvalue weighted by molar-refractivity contribution is -0.265. The Labute approximate surface area is 344 Å². The number of carbonyl (C=O) groups excluding carboxylic acids is 3. The number of methoxy groups -OCH3 is 1. The van der Waals surface area contributed by atoms with Gasteiger partial charge in [-0.2, -0.15) is 0 Å². The molecule has 16 nitrogen and oxygen atoms in total. The van der Waals surface area contributed by atoms with Gasteiger partial charge in [-0.15, -0.1) is 5.10 Å². The molecule has 2 unspecified atom stereocenters. The third kappa shape index (κ3) is 10.6. The summed E-state index contributed by atoms with van der Waals surface area (Å²) in [6.45, 7) is 18.3. The number of rotatable bonds is 15. The highest BCUT2D eigenvalue weighted by Crippen LogP contribution is 2.39. The van der Waals surface area contributed by atoms with Crippen molar-refractivity contribution in [2.75, 3.05) is 40.9 Å². The molecule has 2 saturated heterocycles. The van der Waals surface area contributed by atoms with Crippen LogP contribution in [0.4, 0.5) is 4.79 Å². The van der Waals surface area contributed by atoms with Gasteiger partial charge in [-0.1, -0.05) is 39.0 Å². The van der Waals surface area contributed by atoms with E-state index in [0.717, 1.165) is 5.69 Å². The second-order valence-electron chi connectivity index (χ2n) is 16.7. The van der Waals surface area contributed by atoms with Gasteiger partial charge < -0.3 is 39.0 Å². The monoisotopic (exact) mass is 816 g/mol. The molecule has 0 aliphatic carbocycles. The number of cyclic esters (lactones) is 1. The van der Waals surface area contributed by atoms with E-state index in [9.17, 15) is 19.5 Å². The molecule has 16 heteroatoms. The summed E-state index contributed by atoms with van der Waals surface area (Å²) in [5, 5.41) is 23.8. The Morgan fingerprint density at radius 2 is 1.79 bits per heavy atom. The minimum atomic E-state index is -1.25. The first-order valence-corrected chi connectivity index (χ1v) is 20.9. The molecule has 1 amide bonds. The number of esters is 1. The summed E-state index contributed by atoms with van der Waals surface area (Å²) in [6.07, 6.45) is 1.08. The largest absolute Gasteiger partial charge is 0.458 e. The fourth-order valence-electron chi connectivity index (χ4n) is 8.92. The Balaban J connectivity index is 1.65. The van der Waals surface area contributed by atoms with Gasteiger partial charge in [0.25, 0.3) is 0 Å². The Morgan fingerprint density at radius 1 is 1.07 bits per heavy atom. The van der Waals surface area contributed by atoms with Gasteiger partial charge in [0.15, 0.2) is 17.7 Å². The van der Waals surface area contributed by atoms with Crippen LogP contribution in [0.3, 0.4) is 0 Å². The number of hydrogen-bond donors (Lipinski definition) is 2. The zero-order valence-electron chi connectivity index (χ0n) is 36.7. The van der Waals surface area contributed by atoms with Crippen LogP contribution in [0.15, 0.2) is 30.6 Å². The van der Waals surface area contributed by atoms with Gasteiger partial charge in [-0.25, -0.2) is 4.79 Å². The maximum Gasteiger partial charge on any atom is 0.410 e. The number of likely N-dealkylation sites (N-methyl/N-ethyl adjacent to an activating group) is 1. The predicted molar refractivity (Wildman–Crippen MR) is 217 cm³/mol. The van der Waals surface area contributed by atoms with E-state index in [-0.39, 0.29) is 24.6 Å². The van der Waals surface area contributed by atoms with Crippen molar-refractivity contribution in [2.45, 2.75) is 148 Å². The smallest absolute Gasteiger partial charge is 0.410 e. The molecule has 4 heterocycles. The van der Waals surface area contributed by atoms with Crippen LogP contribution in [0.25, 0.3) is 11.4 Å². The van der Waals surface area contributed by atoms with E-state index in [1.807, 2.05) is 84.9 Å². The molecule has 2 N–H and O–H groups in total. The van der Waals surface area contributed by atoms with Gasteiger partial charge in [-0.05, 0) is 99.0 Å². The number of Topliss-reactive ketones (excluding diaryl/α,β-unsaturated/α-hetero) is 1. The second kappa shape index (κ2) is 20.6. The summed E-state index contributed by atoms with van der Waals surface area (Å²) in [5.41, 5.74) is -0.938. The van der Waals surface area contributed by atoms with E-state index in [2.05, 4.69) is 27.5 Å². The van der Waals surface area contributed by atoms with Crippen LogP contribution in [0, 0.1) is 17.8 Å². The van der Waals surface area contributed by atoms with Crippen LogP contribution in [-0.4, -0.2) is 148 Å². The fourth-order valence-corrected chi connectivity index (χ4v) is 8.92. The van der Waals surface area contributed by atoms with Crippen molar-refractivity contribution < 1.29 is 43.2 Å². The molecule has 0 aromatic carbocycles. The number of fused-ring (bicyclic) bond motifs is 1. The standard InChI is InChI=1S/C42H69N7O9/c1-13-32(47(10)11)35(51)39(55-15-3)57-37-27(5)34(50)28(6)38(52)56-33(14-2)42(9)36(29(7)44-24-26(4)23-41(37,8)54-12)49(40(53)58-42)22-18-21-48-25-31(45-46-48)30-19-16-17-20-43-30/h16-17,19-20,25-29,32-33,35-37,39,44,51H,13-15,18,21-24H2,1-12H3/t26-,27+,28-,29-,32?,33-,35?,36-,37-,39+,41-,42-/m1/s1. The minimum Gasteiger partial charge on any atom is -0.458 e. The van der Waals surface area contributed by atoms with Crippen molar-refractivity contribution in [3.8, 4) is 11.4 Å². The maximum absolute atomic E-state index is 14.4. The number of aromatic nitrogens is 4. The number of aliphatic hydroxyl groups is 1. The highest BCUT2D eigenvalue weighted by atomic mass is 16.7. The van der Waals surface area contributed by atoms with Crippen LogP contribution in [0.5, 0.6) is 0 Å². The molecular weight excluding hydrogens is 747 g/mol. The van der Waals surface area contributed by atoms with E-state index in [1.54, 1.807) is 29.8 Å². The Morgan fingerprint density at radius 3 is 2.40 bits per heavy atom. The average Bonchev–Trinajstić information content (AvgIpc) is 3.78. The van der Waals surface area contributed by atoms with E-state index >= 15 is 0 Å². The van der Waals surface area contributed by atoms with Gasteiger partial charge in [-0.3, -0.25) is 24.2 Å². The molecule has 0 spiro atoms. The molecule has 58 heavy (non-hydrogen) atoms.